The van der Waals surface area contributed by atoms with Crippen molar-refractivity contribution in [2.75, 3.05) is 0 Å². The van der Waals surface area contributed by atoms with E-state index in [0.29, 0.717) is 0 Å². The monoisotopic (exact) mass is 203 g/mol. The van der Waals surface area contributed by atoms with Gasteiger partial charge in [0, 0.05) is 0 Å². The van der Waals surface area contributed by atoms with Crippen LogP contribution in [0.2, 0.25) is 0 Å². The maximum Gasteiger partial charge on any atom is 2.00 e. The Morgan fingerprint density at radius 3 is 1.44 bits per heavy atom. The maximum atomic E-state index is 8.56. The van der Waals surface area contributed by atoms with Crippen molar-refractivity contribution in [3.8, 4) is 0 Å². The average Bonchev–Trinajstić information content (AvgIpc) is 1.86. The van der Waals surface area contributed by atoms with Gasteiger partial charge in [0.15, 0.2) is 0 Å². The van der Waals surface area contributed by atoms with Crippen LogP contribution < -0.4 is 24.8 Å². The first-order valence-corrected chi connectivity index (χ1v) is 1.92. The van der Waals surface area contributed by atoms with Crippen LogP contribution in [0.3, 0.4) is 0 Å². The summed E-state index contributed by atoms with van der Waals surface area (Å²) in [5.74, 6) is 0. The van der Waals surface area contributed by atoms with Crippen molar-refractivity contribution in [2.24, 2.45) is 0 Å². The first kappa shape index (κ1) is 16.3. The molecule has 0 aliphatic heterocycles. The van der Waals surface area contributed by atoms with Gasteiger partial charge in [-0.15, -0.1) is 0 Å². The molecule has 4 heteroatoms. The fourth-order valence-electron chi connectivity index (χ4n) is 0.420. The van der Waals surface area contributed by atoms with E-state index in [9.17, 15) is 0 Å². The molecule has 0 aromatic rings. The van der Waals surface area contributed by atoms with Gasteiger partial charge >= 0.3 is 18.6 Å². The summed E-state index contributed by atoms with van der Waals surface area (Å²) in [6, 6.07) is 0. The summed E-state index contributed by atoms with van der Waals surface area (Å²) in [6.07, 6.45) is 6.78. The molecule has 0 saturated heterocycles. The molecule has 0 aromatic carbocycles. The molecule has 1 radical (unpaired) electrons. The fraction of sp³-hybridized carbons (Fsp3) is 0.200. The first-order valence-electron chi connectivity index (χ1n) is 1.92. The number of rotatable bonds is 0. The van der Waals surface area contributed by atoms with Gasteiger partial charge in [0.05, 0.1) is 6.10 Å². The van der Waals surface area contributed by atoms with Crippen molar-refractivity contribution >= 4 is 0 Å². The molecule has 0 bridgehead atoms. The van der Waals surface area contributed by atoms with Crippen LogP contribution in [-0.4, -0.2) is 11.2 Å². The van der Waals surface area contributed by atoms with Crippen LogP contribution in [0.25, 0.3) is 0 Å². The predicted molar refractivity (Wildman–Crippen MR) is 24.3 cm³/mol. The zero-order chi connectivity index (χ0) is 4.41. The van der Waals surface area contributed by atoms with Crippen molar-refractivity contribution in [2.45, 2.75) is 6.10 Å². The van der Waals surface area contributed by atoms with E-state index in [2.05, 4.69) is 0 Å². The van der Waals surface area contributed by atoms with Crippen molar-refractivity contribution in [1.82, 2.24) is 0 Å². The zero-order valence-corrected chi connectivity index (χ0v) is 7.45. The molecule has 1 N–H and O–H groups in total. The van der Waals surface area contributed by atoms with Crippen LogP contribution in [0.1, 0.15) is 0 Å². The summed E-state index contributed by atoms with van der Waals surface area (Å²) in [5, 5.41) is 8.56. The van der Waals surface area contributed by atoms with Gasteiger partial charge in [0.25, 0.3) is 0 Å². The minimum absolute atomic E-state index is 0. The molecule has 0 atom stereocenters. The van der Waals surface area contributed by atoms with E-state index < -0.39 is 0 Å². The minimum atomic E-state index is -0.315. The van der Waals surface area contributed by atoms with Gasteiger partial charge in [0.2, 0.25) is 0 Å². The maximum absolute atomic E-state index is 8.56. The standard InChI is InChI=1S/C5H6O.2ClH.V/c6-5-3-1-2-4-5;;;/h1-6H;2*1H;/q;;;+2/p-2. The van der Waals surface area contributed by atoms with Gasteiger partial charge in [-0.05, 0) is 0 Å². The molecule has 0 fully saturated rings. The van der Waals surface area contributed by atoms with Crippen LogP contribution in [0.4, 0.5) is 0 Å². The molecule has 0 amide bonds. The Labute approximate surface area is 78.9 Å². The Balaban J connectivity index is -0.000000120. The third kappa shape index (κ3) is 6.49. The molecule has 0 heterocycles. The van der Waals surface area contributed by atoms with E-state index >= 15 is 0 Å². The number of aliphatic hydroxyl groups excluding tert-OH is 1. The second-order valence-corrected chi connectivity index (χ2v) is 1.26. The van der Waals surface area contributed by atoms with Gasteiger partial charge in [-0.1, -0.05) is 24.3 Å². The van der Waals surface area contributed by atoms with Crippen molar-refractivity contribution in [3.05, 3.63) is 24.3 Å². The Morgan fingerprint density at radius 1 is 1.00 bits per heavy atom. The number of halogens is 2. The van der Waals surface area contributed by atoms with Crippen LogP contribution in [0, 0.1) is 0 Å². The van der Waals surface area contributed by atoms with E-state index in [1.807, 2.05) is 12.2 Å². The van der Waals surface area contributed by atoms with E-state index in [1.54, 1.807) is 12.2 Å². The molecule has 1 aliphatic carbocycles. The van der Waals surface area contributed by atoms with Crippen LogP contribution in [0.15, 0.2) is 24.3 Å². The third-order valence-corrected chi connectivity index (χ3v) is 0.728. The van der Waals surface area contributed by atoms with Crippen LogP contribution >= 0.6 is 0 Å². The van der Waals surface area contributed by atoms with Gasteiger partial charge in [-0.2, -0.15) is 0 Å². The first-order chi connectivity index (χ1) is 2.89. The molecular weight excluding hydrogens is 198 g/mol. The largest absolute Gasteiger partial charge is 2.00 e. The van der Waals surface area contributed by atoms with E-state index in [-0.39, 0.29) is 49.5 Å². The second-order valence-electron chi connectivity index (χ2n) is 1.26. The summed E-state index contributed by atoms with van der Waals surface area (Å²) in [5.41, 5.74) is 0. The Morgan fingerprint density at radius 2 is 1.33 bits per heavy atom. The summed E-state index contributed by atoms with van der Waals surface area (Å²) in [7, 11) is 0. The van der Waals surface area contributed by atoms with E-state index in [1.165, 1.54) is 0 Å². The van der Waals surface area contributed by atoms with Gasteiger partial charge in [0.1, 0.15) is 0 Å². The topological polar surface area (TPSA) is 20.2 Å². The van der Waals surface area contributed by atoms with E-state index in [0.717, 1.165) is 0 Å². The van der Waals surface area contributed by atoms with Crippen LogP contribution in [-0.2, 0) is 18.6 Å². The molecule has 1 aliphatic rings. The van der Waals surface area contributed by atoms with Crippen molar-refractivity contribution in [3.63, 3.8) is 0 Å². The number of hydrogen-bond donors (Lipinski definition) is 1. The summed E-state index contributed by atoms with van der Waals surface area (Å²) in [6.45, 7) is 0. The Hall–Kier alpha value is 0.604. The van der Waals surface area contributed by atoms with Gasteiger partial charge in [-0.3, -0.25) is 0 Å². The van der Waals surface area contributed by atoms with Gasteiger partial charge in [-0.25, -0.2) is 0 Å². The second kappa shape index (κ2) is 8.60. The SMILES string of the molecule is OC1C=CC=C1.[Cl-].[Cl-].[V+2]. The van der Waals surface area contributed by atoms with E-state index in [4.69, 9.17) is 5.11 Å². The summed E-state index contributed by atoms with van der Waals surface area (Å²) in [4.78, 5) is 0. The Kier molecular flexibility index (Phi) is 15.6. The van der Waals surface area contributed by atoms with Crippen molar-refractivity contribution < 1.29 is 48.5 Å². The molecule has 9 heavy (non-hydrogen) atoms. The summed E-state index contributed by atoms with van der Waals surface area (Å²) >= 11 is 0. The Bertz CT molecular complexity index is 91.1. The summed E-state index contributed by atoms with van der Waals surface area (Å²) < 4.78 is 0. The zero-order valence-electron chi connectivity index (χ0n) is 4.54. The molecule has 1 rings (SSSR count). The molecule has 1 nitrogen and oxygen atoms in total. The predicted octanol–water partition coefficient (Wildman–Crippen LogP) is -5.52. The third-order valence-electron chi connectivity index (χ3n) is 0.728. The minimum Gasteiger partial charge on any atom is -1.00 e. The normalized spacial score (nSPS) is 13.4. The molecule has 0 saturated carbocycles. The molecule has 0 unspecified atom stereocenters. The average molecular weight is 204 g/mol. The molecule has 51 valence electrons. The number of hydrogen-bond acceptors (Lipinski definition) is 1. The van der Waals surface area contributed by atoms with Crippen LogP contribution in [0.5, 0.6) is 0 Å². The smallest absolute Gasteiger partial charge is 1.00 e. The van der Waals surface area contributed by atoms with Crippen molar-refractivity contribution in [1.29, 1.82) is 0 Å². The quantitative estimate of drug-likeness (QED) is 0.417. The molecular formula is C5H6Cl2OV. The molecule has 0 spiro atoms. The number of aliphatic hydroxyl groups is 1. The van der Waals surface area contributed by atoms with Gasteiger partial charge < -0.3 is 29.9 Å². The number of allylic oxidation sites excluding steroid dienone is 2. The fourth-order valence-corrected chi connectivity index (χ4v) is 0.420. The molecule has 0 aromatic heterocycles.